The van der Waals surface area contributed by atoms with Crippen molar-refractivity contribution in [2.24, 2.45) is 12.9 Å². The third-order valence-corrected chi connectivity index (χ3v) is 3.40. The number of hydrogen-bond acceptors (Lipinski definition) is 4. The fourth-order valence-corrected chi connectivity index (χ4v) is 2.50. The first-order valence-electron chi connectivity index (χ1n) is 6.29. The van der Waals surface area contributed by atoms with Gasteiger partial charge in [0.1, 0.15) is 0 Å². The van der Waals surface area contributed by atoms with E-state index in [1.807, 2.05) is 18.7 Å². The van der Waals surface area contributed by atoms with E-state index < -0.39 is 0 Å². The van der Waals surface area contributed by atoms with Gasteiger partial charge in [0.2, 0.25) is 0 Å². The maximum atomic E-state index is 5.64. The summed E-state index contributed by atoms with van der Waals surface area (Å²) in [6.07, 6.45) is 4.83. The molecule has 2 unspecified atom stereocenters. The second-order valence-electron chi connectivity index (χ2n) is 4.77. The zero-order chi connectivity index (χ0) is 12.3. The molecule has 96 valence electrons. The van der Waals surface area contributed by atoms with Gasteiger partial charge in [0, 0.05) is 13.7 Å². The summed E-state index contributed by atoms with van der Waals surface area (Å²) < 4.78 is 7.53. The molecule has 2 rings (SSSR count). The summed E-state index contributed by atoms with van der Waals surface area (Å²) in [6, 6.07) is 2.24. The quantitative estimate of drug-likeness (QED) is 0.597. The highest BCUT2D eigenvalue weighted by atomic mass is 16.5. The number of aryl methyl sites for hydroxylation is 2. The van der Waals surface area contributed by atoms with Gasteiger partial charge in [0.05, 0.1) is 23.5 Å². The summed E-state index contributed by atoms with van der Waals surface area (Å²) in [5.41, 5.74) is 5.05. The number of nitrogens with zero attached hydrogens (tertiary/aromatic N) is 2. The lowest BCUT2D eigenvalue weighted by molar-refractivity contribution is 0.0993. The largest absolute Gasteiger partial charge is 0.378 e. The van der Waals surface area contributed by atoms with E-state index in [9.17, 15) is 0 Å². The molecule has 0 amide bonds. The fraction of sp³-hybridized carbons (Fsp3) is 0.750. The molecule has 2 atom stereocenters. The van der Waals surface area contributed by atoms with Crippen molar-refractivity contribution in [1.82, 2.24) is 15.2 Å². The Morgan fingerprint density at radius 2 is 2.53 bits per heavy atom. The van der Waals surface area contributed by atoms with Crippen LogP contribution in [-0.4, -0.2) is 22.5 Å². The fourth-order valence-electron chi connectivity index (χ4n) is 2.50. The Bertz CT molecular complexity index is 357. The molecule has 5 nitrogen and oxygen atoms in total. The topological polar surface area (TPSA) is 65.1 Å². The summed E-state index contributed by atoms with van der Waals surface area (Å²) in [5.74, 6) is 5.64. The van der Waals surface area contributed by atoms with Gasteiger partial charge in [-0.2, -0.15) is 5.10 Å². The van der Waals surface area contributed by atoms with Crippen LogP contribution < -0.4 is 11.3 Å². The smallest absolute Gasteiger partial charge is 0.0630 e. The van der Waals surface area contributed by atoms with Gasteiger partial charge in [-0.1, -0.05) is 0 Å². The van der Waals surface area contributed by atoms with Crippen molar-refractivity contribution in [1.29, 1.82) is 0 Å². The van der Waals surface area contributed by atoms with Gasteiger partial charge in [0.15, 0.2) is 0 Å². The van der Waals surface area contributed by atoms with Crippen LogP contribution in [0.5, 0.6) is 0 Å². The summed E-state index contributed by atoms with van der Waals surface area (Å²) in [4.78, 5) is 0. The number of nitrogens with two attached hydrogens (primary N) is 1. The normalized spacial score (nSPS) is 21.9. The second kappa shape index (κ2) is 5.62. The van der Waals surface area contributed by atoms with Crippen LogP contribution in [0.3, 0.4) is 0 Å². The maximum absolute atomic E-state index is 5.64. The molecule has 3 N–H and O–H groups in total. The Balaban J connectivity index is 1.93. The standard InChI is InChI=1S/C12H22N4O/c1-9-8-12(16(2)15-9)11(14-13)6-5-10-4-3-7-17-10/h8,10-11,14H,3-7,13H2,1-2H3. The molecule has 5 heteroatoms. The van der Waals surface area contributed by atoms with E-state index in [0.717, 1.165) is 30.8 Å². The SMILES string of the molecule is Cc1cc(C(CCC2CCCO2)NN)n(C)n1. The maximum Gasteiger partial charge on any atom is 0.0630 e. The molecule has 0 saturated carbocycles. The number of hydrazine groups is 1. The Kier molecular flexibility index (Phi) is 4.15. The molecule has 0 spiro atoms. The monoisotopic (exact) mass is 238 g/mol. The van der Waals surface area contributed by atoms with Crippen LogP contribution in [0, 0.1) is 6.92 Å². The van der Waals surface area contributed by atoms with Gasteiger partial charge in [-0.05, 0) is 38.7 Å². The predicted octanol–water partition coefficient (Wildman–Crippen LogP) is 1.19. The lowest BCUT2D eigenvalue weighted by atomic mass is 10.0. The molecule has 17 heavy (non-hydrogen) atoms. The number of aromatic nitrogens is 2. The average molecular weight is 238 g/mol. The first-order chi connectivity index (χ1) is 8.20. The lowest BCUT2D eigenvalue weighted by Crippen LogP contribution is -2.30. The second-order valence-corrected chi connectivity index (χ2v) is 4.77. The van der Waals surface area contributed by atoms with E-state index in [-0.39, 0.29) is 6.04 Å². The Hall–Kier alpha value is -0.910. The van der Waals surface area contributed by atoms with Crippen LogP contribution in [0.25, 0.3) is 0 Å². The van der Waals surface area contributed by atoms with Gasteiger partial charge >= 0.3 is 0 Å². The Morgan fingerprint density at radius 1 is 1.71 bits per heavy atom. The van der Waals surface area contributed by atoms with Crippen LogP contribution in [-0.2, 0) is 11.8 Å². The van der Waals surface area contributed by atoms with Gasteiger partial charge < -0.3 is 4.74 Å². The Morgan fingerprint density at radius 3 is 3.06 bits per heavy atom. The molecule has 1 saturated heterocycles. The van der Waals surface area contributed by atoms with Crippen LogP contribution in [0.4, 0.5) is 0 Å². The van der Waals surface area contributed by atoms with E-state index in [0.29, 0.717) is 6.10 Å². The minimum absolute atomic E-state index is 0.158. The molecule has 0 aromatic carbocycles. The summed E-state index contributed by atoms with van der Waals surface area (Å²) in [6.45, 7) is 2.91. The molecule has 0 radical (unpaired) electrons. The van der Waals surface area contributed by atoms with Crippen molar-refractivity contribution in [3.63, 3.8) is 0 Å². The highest BCUT2D eigenvalue weighted by Gasteiger charge is 2.20. The average Bonchev–Trinajstić information content (AvgIpc) is 2.90. The molecule has 0 bridgehead atoms. The molecule has 1 aliphatic rings. The molecular formula is C12H22N4O. The molecule has 1 aliphatic heterocycles. The van der Waals surface area contributed by atoms with Gasteiger partial charge in [-0.25, -0.2) is 0 Å². The third kappa shape index (κ3) is 3.06. The van der Waals surface area contributed by atoms with Crippen molar-refractivity contribution >= 4 is 0 Å². The molecule has 1 fully saturated rings. The van der Waals surface area contributed by atoms with Crippen LogP contribution in [0.1, 0.15) is 43.1 Å². The van der Waals surface area contributed by atoms with Crippen molar-refractivity contribution in [2.45, 2.75) is 44.8 Å². The summed E-state index contributed by atoms with van der Waals surface area (Å²) >= 11 is 0. The molecular weight excluding hydrogens is 216 g/mol. The number of nitrogens with one attached hydrogen (secondary N) is 1. The minimum Gasteiger partial charge on any atom is -0.378 e. The van der Waals surface area contributed by atoms with Crippen molar-refractivity contribution in [2.75, 3.05) is 6.61 Å². The predicted molar refractivity (Wildman–Crippen MR) is 66.2 cm³/mol. The lowest BCUT2D eigenvalue weighted by Gasteiger charge is -2.18. The van der Waals surface area contributed by atoms with E-state index in [1.54, 1.807) is 0 Å². The van der Waals surface area contributed by atoms with Crippen LogP contribution >= 0.6 is 0 Å². The summed E-state index contributed by atoms with van der Waals surface area (Å²) in [7, 11) is 1.96. The van der Waals surface area contributed by atoms with Crippen LogP contribution in [0.15, 0.2) is 6.07 Å². The zero-order valence-corrected chi connectivity index (χ0v) is 10.6. The highest BCUT2D eigenvalue weighted by molar-refractivity contribution is 5.12. The van der Waals surface area contributed by atoms with Crippen molar-refractivity contribution < 1.29 is 4.74 Å². The first-order valence-corrected chi connectivity index (χ1v) is 6.29. The molecule has 1 aromatic rings. The minimum atomic E-state index is 0.158. The Labute approximate surface area is 102 Å². The zero-order valence-electron chi connectivity index (χ0n) is 10.6. The molecule has 2 heterocycles. The van der Waals surface area contributed by atoms with Crippen molar-refractivity contribution in [3.8, 4) is 0 Å². The number of hydrogen-bond donors (Lipinski definition) is 2. The van der Waals surface area contributed by atoms with Crippen molar-refractivity contribution in [3.05, 3.63) is 17.5 Å². The van der Waals surface area contributed by atoms with Gasteiger partial charge in [-0.3, -0.25) is 16.0 Å². The number of ether oxygens (including phenoxy) is 1. The van der Waals surface area contributed by atoms with Crippen LogP contribution in [0.2, 0.25) is 0 Å². The van der Waals surface area contributed by atoms with E-state index in [2.05, 4.69) is 16.6 Å². The first kappa shape index (κ1) is 12.5. The third-order valence-electron chi connectivity index (χ3n) is 3.40. The van der Waals surface area contributed by atoms with Gasteiger partial charge in [0.25, 0.3) is 0 Å². The van der Waals surface area contributed by atoms with E-state index in [4.69, 9.17) is 10.6 Å². The molecule has 1 aromatic heterocycles. The van der Waals surface area contributed by atoms with E-state index >= 15 is 0 Å². The number of rotatable bonds is 5. The van der Waals surface area contributed by atoms with Gasteiger partial charge in [-0.15, -0.1) is 0 Å². The summed E-state index contributed by atoms with van der Waals surface area (Å²) in [5, 5.41) is 4.35. The van der Waals surface area contributed by atoms with E-state index in [1.165, 1.54) is 12.8 Å². The molecule has 0 aliphatic carbocycles. The highest BCUT2D eigenvalue weighted by Crippen LogP contribution is 2.23.